The van der Waals surface area contributed by atoms with Crippen molar-refractivity contribution in [2.75, 3.05) is 6.54 Å². The highest BCUT2D eigenvalue weighted by molar-refractivity contribution is 6.32. The molecule has 0 N–H and O–H groups in total. The van der Waals surface area contributed by atoms with Crippen LogP contribution in [-0.2, 0) is 4.79 Å². The Kier molecular flexibility index (Phi) is 4.46. The second kappa shape index (κ2) is 6.55. The number of benzene rings is 1. The minimum absolute atomic E-state index is 0.00454. The van der Waals surface area contributed by atoms with E-state index >= 15 is 0 Å². The van der Waals surface area contributed by atoms with E-state index in [1.165, 1.54) is 6.42 Å². The van der Waals surface area contributed by atoms with Crippen molar-refractivity contribution >= 4 is 28.5 Å². The Labute approximate surface area is 163 Å². The Morgan fingerprint density at radius 3 is 2.67 bits per heavy atom. The minimum atomic E-state index is -0.645. The second-order valence-electron chi connectivity index (χ2n) is 7.85. The molecule has 0 radical (unpaired) electrons. The predicted molar refractivity (Wildman–Crippen MR) is 105 cm³/mol. The highest BCUT2D eigenvalue weighted by Gasteiger charge is 2.51. The van der Waals surface area contributed by atoms with E-state index in [1.54, 1.807) is 26.0 Å². The summed E-state index contributed by atoms with van der Waals surface area (Å²) >= 11 is 6.40. The van der Waals surface area contributed by atoms with Gasteiger partial charge < -0.3 is 14.1 Å². The van der Waals surface area contributed by atoms with E-state index in [-0.39, 0.29) is 17.1 Å². The van der Waals surface area contributed by atoms with Crippen molar-refractivity contribution in [2.45, 2.75) is 64.5 Å². The maximum Gasteiger partial charge on any atom is 0.339 e. The molecule has 2 aromatic rings. The number of fused-ring (bicyclic) bond motifs is 1. The van der Waals surface area contributed by atoms with E-state index in [2.05, 4.69) is 0 Å². The van der Waals surface area contributed by atoms with E-state index in [0.717, 1.165) is 43.2 Å². The Bertz CT molecular complexity index is 976. The molecule has 5 nitrogen and oxygen atoms in total. The fourth-order valence-corrected chi connectivity index (χ4v) is 4.31. The predicted octanol–water partition coefficient (Wildman–Crippen LogP) is 4.38. The number of aryl methyl sites for hydroxylation is 1. The van der Waals surface area contributed by atoms with Gasteiger partial charge in [-0.25, -0.2) is 4.79 Å². The summed E-state index contributed by atoms with van der Waals surface area (Å²) in [4.78, 5) is 26.9. The van der Waals surface area contributed by atoms with Crippen LogP contribution in [0.4, 0.5) is 0 Å². The lowest BCUT2D eigenvalue weighted by molar-refractivity contribution is -0.142. The third-order valence-electron chi connectivity index (χ3n) is 6.10. The van der Waals surface area contributed by atoms with Crippen molar-refractivity contribution in [3.63, 3.8) is 0 Å². The van der Waals surface area contributed by atoms with E-state index in [4.69, 9.17) is 20.8 Å². The van der Waals surface area contributed by atoms with Gasteiger partial charge in [-0.15, -0.1) is 0 Å². The molecular weight excluding hydrogens is 366 g/mol. The number of carbonyl (C=O) groups is 1. The molecule has 1 saturated heterocycles. The zero-order valence-corrected chi connectivity index (χ0v) is 16.7. The average molecular weight is 390 g/mol. The van der Waals surface area contributed by atoms with Crippen LogP contribution in [0.5, 0.6) is 5.75 Å². The average Bonchev–Trinajstić information content (AvgIpc) is 3.41. The van der Waals surface area contributed by atoms with Gasteiger partial charge in [-0.3, -0.25) is 4.79 Å². The molecule has 1 aromatic heterocycles. The molecular formula is C21H24ClNO4. The fraction of sp³-hybridized carbons (Fsp3) is 0.524. The van der Waals surface area contributed by atoms with Gasteiger partial charge in [0.25, 0.3) is 5.91 Å². The first kappa shape index (κ1) is 18.4. The molecule has 2 heterocycles. The molecule has 1 saturated carbocycles. The Hall–Kier alpha value is -2.01. The molecule has 2 aliphatic rings. The third kappa shape index (κ3) is 3.12. The lowest BCUT2D eigenvalue weighted by Gasteiger charge is -2.37. The van der Waals surface area contributed by atoms with E-state index in [0.29, 0.717) is 21.9 Å². The molecule has 1 spiro atoms. The van der Waals surface area contributed by atoms with Gasteiger partial charge in [-0.05, 0) is 64.5 Å². The van der Waals surface area contributed by atoms with Crippen LogP contribution >= 0.6 is 11.6 Å². The zero-order valence-electron chi connectivity index (χ0n) is 15.9. The molecule has 4 rings (SSSR count). The number of rotatable bonds is 3. The summed E-state index contributed by atoms with van der Waals surface area (Å²) in [5, 5.41) is 1.18. The van der Waals surface area contributed by atoms with Crippen molar-refractivity contribution in [3.8, 4) is 5.75 Å². The normalized spacial score (nSPS) is 19.3. The van der Waals surface area contributed by atoms with Crippen LogP contribution in [0.2, 0.25) is 5.02 Å². The summed E-state index contributed by atoms with van der Waals surface area (Å²) < 4.78 is 11.3. The highest BCUT2D eigenvalue weighted by Crippen LogP contribution is 2.48. The first-order valence-corrected chi connectivity index (χ1v) is 9.92. The molecule has 2 fully saturated rings. The van der Waals surface area contributed by atoms with Crippen molar-refractivity contribution in [2.24, 2.45) is 0 Å². The smallest absolute Gasteiger partial charge is 0.339 e. The number of ether oxygens (including phenoxy) is 1. The van der Waals surface area contributed by atoms with E-state index in [9.17, 15) is 9.59 Å². The number of halogens is 1. The van der Waals surface area contributed by atoms with E-state index in [1.807, 2.05) is 11.8 Å². The lowest BCUT2D eigenvalue weighted by Crippen LogP contribution is -2.50. The number of amides is 1. The molecule has 0 bridgehead atoms. The van der Waals surface area contributed by atoms with Gasteiger partial charge in [-0.1, -0.05) is 11.6 Å². The molecule has 1 aliphatic heterocycles. The number of carbonyl (C=O) groups excluding carboxylic acids is 1. The fourth-order valence-electron chi connectivity index (χ4n) is 4.10. The summed E-state index contributed by atoms with van der Waals surface area (Å²) in [6.07, 6.45) is 4.85. The summed E-state index contributed by atoms with van der Waals surface area (Å²) in [6.45, 7) is 6.14. The summed E-state index contributed by atoms with van der Waals surface area (Å²) in [5.41, 5.74) is 1.51. The van der Waals surface area contributed by atoms with E-state index < -0.39 is 6.10 Å². The number of hydrogen-bond donors (Lipinski definition) is 0. The quantitative estimate of drug-likeness (QED) is 0.731. The molecule has 6 heteroatoms. The lowest BCUT2D eigenvalue weighted by atomic mass is 9.99. The number of hydrogen-bond acceptors (Lipinski definition) is 4. The molecule has 1 unspecified atom stereocenters. The monoisotopic (exact) mass is 389 g/mol. The minimum Gasteiger partial charge on any atom is -0.479 e. The first-order chi connectivity index (χ1) is 12.8. The van der Waals surface area contributed by atoms with Gasteiger partial charge in [0.15, 0.2) is 6.10 Å². The maximum absolute atomic E-state index is 13.0. The molecule has 144 valence electrons. The van der Waals surface area contributed by atoms with Gasteiger partial charge >= 0.3 is 5.63 Å². The molecule has 1 aromatic carbocycles. The van der Waals surface area contributed by atoms with Gasteiger partial charge in [0.2, 0.25) is 0 Å². The number of nitrogens with zero attached hydrogens (tertiary/aromatic N) is 1. The molecule has 1 aliphatic carbocycles. The van der Waals surface area contributed by atoms with Gasteiger partial charge in [0, 0.05) is 29.1 Å². The van der Waals surface area contributed by atoms with Crippen molar-refractivity contribution in [1.29, 1.82) is 0 Å². The van der Waals surface area contributed by atoms with Crippen LogP contribution in [0.25, 0.3) is 11.0 Å². The molecule has 1 amide bonds. The summed E-state index contributed by atoms with van der Waals surface area (Å²) in [7, 11) is 0. The Morgan fingerprint density at radius 1 is 1.22 bits per heavy atom. The zero-order chi connectivity index (χ0) is 19.3. The van der Waals surface area contributed by atoms with Crippen molar-refractivity contribution < 1.29 is 13.9 Å². The topological polar surface area (TPSA) is 59.8 Å². The van der Waals surface area contributed by atoms with Crippen LogP contribution < -0.4 is 10.4 Å². The van der Waals surface area contributed by atoms with Crippen LogP contribution in [0.1, 0.15) is 50.2 Å². The second-order valence-corrected chi connectivity index (χ2v) is 8.26. The van der Waals surface area contributed by atoms with Crippen molar-refractivity contribution in [1.82, 2.24) is 4.90 Å². The largest absolute Gasteiger partial charge is 0.479 e. The van der Waals surface area contributed by atoms with Crippen LogP contribution in [0.3, 0.4) is 0 Å². The third-order valence-corrected chi connectivity index (χ3v) is 6.40. The molecule has 27 heavy (non-hydrogen) atoms. The molecule has 1 atom stereocenters. The van der Waals surface area contributed by atoms with Crippen LogP contribution in [-0.4, -0.2) is 29.0 Å². The SMILES string of the molecule is Cc1c(C)c2cc(Cl)c(OC(C)C(=O)N3CCCCC34CC4)cc2oc1=O. The van der Waals surface area contributed by atoms with Gasteiger partial charge in [-0.2, -0.15) is 0 Å². The summed E-state index contributed by atoms with van der Waals surface area (Å²) in [6, 6.07) is 3.34. The Balaban J connectivity index is 1.61. The van der Waals surface area contributed by atoms with Crippen LogP contribution in [0, 0.1) is 13.8 Å². The Morgan fingerprint density at radius 2 is 1.96 bits per heavy atom. The maximum atomic E-state index is 13.0. The first-order valence-electron chi connectivity index (χ1n) is 9.54. The standard InChI is InChI=1S/C21H24ClNO4/c1-12-13(2)20(25)27-17-11-18(16(22)10-15(12)17)26-14(3)19(24)23-9-5-4-6-21(23)7-8-21/h10-11,14H,4-9H2,1-3H3. The van der Waals surface area contributed by atoms with Gasteiger partial charge in [0.05, 0.1) is 5.02 Å². The number of piperidine rings is 1. The number of likely N-dealkylation sites (tertiary alicyclic amines) is 1. The van der Waals surface area contributed by atoms with Crippen molar-refractivity contribution in [3.05, 3.63) is 38.7 Å². The van der Waals surface area contributed by atoms with Crippen LogP contribution in [0.15, 0.2) is 21.3 Å². The highest BCUT2D eigenvalue weighted by atomic mass is 35.5. The summed E-state index contributed by atoms with van der Waals surface area (Å²) in [5.74, 6) is 0.364. The van der Waals surface area contributed by atoms with Gasteiger partial charge in [0.1, 0.15) is 11.3 Å².